The number of primary amides is 1. The van der Waals surface area contributed by atoms with E-state index in [0.29, 0.717) is 0 Å². The lowest BCUT2D eigenvalue weighted by Gasteiger charge is -2.06. The Morgan fingerprint density at radius 3 is 2.64 bits per heavy atom. The maximum absolute atomic E-state index is 12.3. The molecule has 1 aromatic heterocycles. The second kappa shape index (κ2) is 3.99. The van der Waals surface area contributed by atoms with Gasteiger partial charge in [0.15, 0.2) is 0 Å². The predicted octanol–water partition coefficient (Wildman–Crippen LogP) is 1.13. The molecule has 0 aromatic carbocycles. The third-order valence-corrected chi connectivity index (χ3v) is 1.58. The molecule has 1 amide bonds. The van der Waals surface area contributed by atoms with E-state index in [4.69, 9.17) is 5.73 Å². The van der Waals surface area contributed by atoms with Crippen molar-refractivity contribution in [3.05, 3.63) is 23.4 Å². The molecular weight excluding hydrogens is 194 g/mol. The standard InChI is InChI=1S/C8H8F2N2O2/c1-14-5-3-2-4(7(9)10)6(12-5)8(11)13/h2-3,7H,1H3,(H2,11,13). The highest BCUT2D eigenvalue weighted by atomic mass is 19.3. The number of halogens is 2. The van der Waals surface area contributed by atoms with Gasteiger partial charge in [0, 0.05) is 11.6 Å². The minimum atomic E-state index is -2.78. The number of rotatable bonds is 3. The van der Waals surface area contributed by atoms with E-state index < -0.39 is 23.6 Å². The highest BCUT2D eigenvalue weighted by molar-refractivity contribution is 5.92. The molecule has 4 nitrogen and oxygen atoms in total. The smallest absolute Gasteiger partial charge is 0.267 e. The van der Waals surface area contributed by atoms with Gasteiger partial charge < -0.3 is 10.5 Å². The topological polar surface area (TPSA) is 65.2 Å². The van der Waals surface area contributed by atoms with Crippen molar-refractivity contribution in [2.75, 3.05) is 7.11 Å². The van der Waals surface area contributed by atoms with Crippen molar-refractivity contribution in [2.45, 2.75) is 6.43 Å². The van der Waals surface area contributed by atoms with Gasteiger partial charge in [0.05, 0.1) is 7.11 Å². The first kappa shape index (κ1) is 10.4. The lowest BCUT2D eigenvalue weighted by molar-refractivity contribution is 0.0979. The molecule has 1 heterocycles. The lowest BCUT2D eigenvalue weighted by Crippen LogP contribution is -2.16. The number of pyridine rings is 1. The van der Waals surface area contributed by atoms with E-state index in [2.05, 4.69) is 9.72 Å². The molecule has 0 aliphatic rings. The zero-order valence-electron chi connectivity index (χ0n) is 7.33. The number of carbonyl (C=O) groups is 1. The second-order valence-corrected chi connectivity index (χ2v) is 2.46. The van der Waals surface area contributed by atoms with E-state index in [9.17, 15) is 13.6 Å². The second-order valence-electron chi connectivity index (χ2n) is 2.46. The number of methoxy groups -OCH3 is 1. The van der Waals surface area contributed by atoms with Gasteiger partial charge >= 0.3 is 0 Å². The van der Waals surface area contributed by atoms with E-state index in [0.717, 1.165) is 6.07 Å². The van der Waals surface area contributed by atoms with Crippen LogP contribution in [0, 0.1) is 0 Å². The van der Waals surface area contributed by atoms with Crippen LogP contribution in [-0.2, 0) is 0 Å². The zero-order valence-corrected chi connectivity index (χ0v) is 7.33. The quantitative estimate of drug-likeness (QED) is 0.798. The maximum atomic E-state index is 12.3. The van der Waals surface area contributed by atoms with Crippen LogP contribution in [0.1, 0.15) is 22.5 Å². The Morgan fingerprint density at radius 2 is 2.21 bits per heavy atom. The zero-order chi connectivity index (χ0) is 10.7. The fourth-order valence-corrected chi connectivity index (χ4v) is 0.939. The summed E-state index contributed by atoms with van der Waals surface area (Å²) in [5.74, 6) is -0.928. The van der Waals surface area contributed by atoms with Crippen LogP contribution in [0.2, 0.25) is 0 Å². The Kier molecular flexibility index (Phi) is 2.95. The normalized spacial score (nSPS) is 10.3. The van der Waals surface area contributed by atoms with E-state index >= 15 is 0 Å². The molecule has 0 radical (unpaired) electrons. The minimum Gasteiger partial charge on any atom is -0.481 e. The molecule has 0 unspecified atom stereocenters. The molecule has 0 atom stereocenters. The van der Waals surface area contributed by atoms with Gasteiger partial charge in [-0.1, -0.05) is 0 Å². The molecule has 0 saturated carbocycles. The van der Waals surface area contributed by atoms with Crippen molar-refractivity contribution >= 4 is 5.91 Å². The van der Waals surface area contributed by atoms with Crippen LogP contribution in [0.15, 0.2) is 12.1 Å². The van der Waals surface area contributed by atoms with Crippen LogP contribution in [0.5, 0.6) is 5.88 Å². The van der Waals surface area contributed by atoms with Gasteiger partial charge in [-0.3, -0.25) is 4.79 Å². The molecule has 2 N–H and O–H groups in total. The molecule has 1 rings (SSSR count). The summed E-state index contributed by atoms with van der Waals surface area (Å²) in [7, 11) is 1.31. The number of hydrogen-bond acceptors (Lipinski definition) is 3. The molecule has 0 aliphatic heterocycles. The van der Waals surface area contributed by atoms with Crippen LogP contribution in [0.4, 0.5) is 8.78 Å². The van der Waals surface area contributed by atoms with Gasteiger partial charge in [-0.15, -0.1) is 0 Å². The number of carbonyl (C=O) groups excluding carboxylic acids is 1. The van der Waals surface area contributed by atoms with Crippen molar-refractivity contribution in [3.8, 4) is 5.88 Å². The summed E-state index contributed by atoms with van der Waals surface area (Å²) in [5.41, 5.74) is 3.94. The summed E-state index contributed by atoms with van der Waals surface area (Å²) in [6.45, 7) is 0. The third-order valence-electron chi connectivity index (χ3n) is 1.58. The summed E-state index contributed by atoms with van der Waals surface area (Å²) in [4.78, 5) is 14.3. The fourth-order valence-electron chi connectivity index (χ4n) is 0.939. The summed E-state index contributed by atoms with van der Waals surface area (Å²) in [6.07, 6.45) is -2.78. The number of hydrogen-bond donors (Lipinski definition) is 1. The average Bonchev–Trinajstić information content (AvgIpc) is 2.16. The van der Waals surface area contributed by atoms with E-state index in [1.807, 2.05) is 0 Å². The van der Waals surface area contributed by atoms with Crippen molar-refractivity contribution in [1.82, 2.24) is 4.98 Å². The van der Waals surface area contributed by atoms with Crippen LogP contribution < -0.4 is 10.5 Å². The molecule has 6 heteroatoms. The predicted molar refractivity (Wildman–Crippen MR) is 44.3 cm³/mol. The SMILES string of the molecule is COc1ccc(C(F)F)c(C(N)=O)n1. The third kappa shape index (κ3) is 1.95. The van der Waals surface area contributed by atoms with Crippen molar-refractivity contribution in [2.24, 2.45) is 5.73 Å². The maximum Gasteiger partial charge on any atom is 0.267 e. The molecule has 0 bridgehead atoms. The summed E-state index contributed by atoms with van der Waals surface area (Å²) in [5, 5.41) is 0. The average molecular weight is 202 g/mol. The summed E-state index contributed by atoms with van der Waals surface area (Å²) < 4.78 is 29.3. The van der Waals surface area contributed by atoms with Gasteiger partial charge in [0.1, 0.15) is 5.69 Å². The van der Waals surface area contributed by atoms with Gasteiger partial charge in [-0.05, 0) is 6.07 Å². The summed E-state index contributed by atoms with van der Waals surface area (Å²) in [6, 6.07) is 2.31. The molecule has 0 fully saturated rings. The summed E-state index contributed by atoms with van der Waals surface area (Å²) >= 11 is 0. The van der Waals surface area contributed by atoms with E-state index in [1.165, 1.54) is 13.2 Å². The van der Waals surface area contributed by atoms with E-state index in [1.54, 1.807) is 0 Å². The van der Waals surface area contributed by atoms with Crippen LogP contribution in [0.25, 0.3) is 0 Å². The Bertz CT molecular complexity index is 355. The first-order chi connectivity index (χ1) is 6.56. The molecule has 0 saturated heterocycles. The van der Waals surface area contributed by atoms with Crippen LogP contribution >= 0.6 is 0 Å². The lowest BCUT2D eigenvalue weighted by atomic mass is 10.2. The number of alkyl halides is 2. The number of amides is 1. The Morgan fingerprint density at radius 1 is 1.57 bits per heavy atom. The number of nitrogens with zero attached hydrogens (tertiary/aromatic N) is 1. The van der Waals surface area contributed by atoms with Crippen molar-refractivity contribution in [1.29, 1.82) is 0 Å². The number of nitrogens with two attached hydrogens (primary N) is 1. The van der Waals surface area contributed by atoms with Gasteiger partial charge in [-0.2, -0.15) is 0 Å². The molecule has 76 valence electrons. The highest BCUT2D eigenvalue weighted by Crippen LogP contribution is 2.23. The number of ether oxygens (including phenoxy) is 1. The Balaban J connectivity index is 3.24. The van der Waals surface area contributed by atoms with Crippen LogP contribution in [-0.4, -0.2) is 18.0 Å². The fraction of sp³-hybridized carbons (Fsp3) is 0.250. The van der Waals surface area contributed by atoms with Gasteiger partial charge in [-0.25, -0.2) is 13.8 Å². The molecule has 1 aromatic rings. The Hall–Kier alpha value is -1.72. The Labute approximate surface area is 78.7 Å². The first-order valence-corrected chi connectivity index (χ1v) is 3.69. The molecule has 0 spiro atoms. The van der Waals surface area contributed by atoms with Crippen molar-refractivity contribution < 1.29 is 18.3 Å². The molecule has 0 aliphatic carbocycles. The first-order valence-electron chi connectivity index (χ1n) is 3.69. The van der Waals surface area contributed by atoms with Gasteiger partial charge in [0.25, 0.3) is 12.3 Å². The largest absolute Gasteiger partial charge is 0.481 e. The molecular formula is C8H8F2N2O2. The molecule has 14 heavy (non-hydrogen) atoms. The highest BCUT2D eigenvalue weighted by Gasteiger charge is 2.18. The minimum absolute atomic E-state index is 0.0724. The van der Waals surface area contributed by atoms with Gasteiger partial charge in [0.2, 0.25) is 5.88 Å². The van der Waals surface area contributed by atoms with Crippen LogP contribution in [0.3, 0.4) is 0 Å². The monoisotopic (exact) mass is 202 g/mol. The number of aromatic nitrogens is 1. The van der Waals surface area contributed by atoms with E-state index in [-0.39, 0.29) is 5.88 Å². The van der Waals surface area contributed by atoms with Crippen molar-refractivity contribution in [3.63, 3.8) is 0 Å².